The summed E-state index contributed by atoms with van der Waals surface area (Å²) in [6, 6.07) is 0. The van der Waals surface area contributed by atoms with Gasteiger partial charge in [-0.3, -0.25) is 0 Å². The van der Waals surface area contributed by atoms with Gasteiger partial charge in [0, 0.05) is 6.54 Å². The van der Waals surface area contributed by atoms with Crippen molar-refractivity contribution in [1.82, 2.24) is 5.32 Å². The van der Waals surface area contributed by atoms with Crippen molar-refractivity contribution in [2.75, 3.05) is 13.6 Å². The van der Waals surface area contributed by atoms with Crippen LogP contribution in [0, 0.1) is 17.3 Å². The molecule has 0 aliphatic rings. The second-order valence-corrected chi connectivity index (χ2v) is 4.55. The van der Waals surface area contributed by atoms with Gasteiger partial charge in [0.1, 0.15) is 0 Å². The van der Waals surface area contributed by atoms with E-state index >= 15 is 0 Å². The lowest BCUT2D eigenvalue weighted by molar-refractivity contribution is 0.173. The van der Waals surface area contributed by atoms with Gasteiger partial charge in [-0.1, -0.05) is 34.6 Å². The normalized spacial score (nSPS) is 15.5. The summed E-state index contributed by atoms with van der Waals surface area (Å²) >= 11 is 0. The minimum absolute atomic E-state index is 0.420. The Morgan fingerprint density at radius 1 is 1.18 bits per heavy atom. The van der Waals surface area contributed by atoms with Gasteiger partial charge < -0.3 is 5.32 Å². The molecule has 11 heavy (non-hydrogen) atoms. The molecule has 1 atom stereocenters. The second kappa shape index (κ2) is 4.10. The summed E-state index contributed by atoms with van der Waals surface area (Å²) < 4.78 is 0. The molecule has 0 fully saturated rings. The SMILES string of the molecule is CNCC(C)(C)[C@H](C)C(C)C. The van der Waals surface area contributed by atoms with Gasteiger partial charge in [-0.2, -0.15) is 0 Å². The predicted molar refractivity (Wildman–Crippen MR) is 51.7 cm³/mol. The first-order valence-corrected chi connectivity index (χ1v) is 4.56. The molecule has 1 N–H and O–H groups in total. The van der Waals surface area contributed by atoms with E-state index in [1.54, 1.807) is 0 Å². The number of hydrogen-bond acceptors (Lipinski definition) is 1. The van der Waals surface area contributed by atoms with Crippen molar-refractivity contribution in [1.29, 1.82) is 0 Å². The first-order chi connectivity index (χ1) is 4.91. The summed E-state index contributed by atoms with van der Waals surface area (Å²) in [4.78, 5) is 0. The molecule has 0 aromatic heterocycles. The highest BCUT2D eigenvalue weighted by Crippen LogP contribution is 2.31. The minimum Gasteiger partial charge on any atom is -0.319 e. The fourth-order valence-corrected chi connectivity index (χ4v) is 1.52. The Morgan fingerprint density at radius 3 is 1.91 bits per heavy atom. The molecule has 0 aliphatic carbocycles. The van der Waals surface area contributed by atoms with Crippen molar-refractivity contribution >= 4 is 0 Å². The summed E-state index contributed by atoms with van der Waals surface area (Å²) in [5, 5.41) is 3.24. The number of nitrogens with one attached hydrogen (secondary N) is 1. The van der Waals surface area contributed by atoms with Gasteiger partial charge in [-0.25, -0.2) is 0 Å². The summed E-state index contributed by atoms with van der Waals surface area (Å²) in [7, 11) is 2.02. The summed E-state index contributed by atoms with van der Waals surface area (Å²) in [5.41, 5.74) is 0.420. The molecule has 0 aliphatic heterocycles. The molecule has 0 heterocycles. The van der Waals surface area contributed by atoms with Crippen LogP contribution in [0.2, 0.25) is 0 Å². The van der Waals surface area contributed by atoms with E-state index in [1.165, 1.54) is 0 Å². The highest BCUT2D eigenvalue weighted by molar-refractivity contribution is 4.78. The third-order valence-corrected chi connectivity index (χ3v) is 2.87. The highest BCUT2D eigenvalue weighted by Gasteiger charge is 2.26. The topological polar surface area (TPSA) is 12.0 Å². The van der Waals surface area contributed by atoms with Crippen molar-refractivity contribution in [2.45, 2.75) is 34.6 Å². The molecular weight excluding hydrogens is 134 g/mol. The number of rotatable bonds is 4. The van der Waals surface area contributed by atoms with Crippen LogP contribution in [0.15, 0.2) is 0 Å². The molecule has 0 radical (unpaired) electrons. The van der Waals surface area contributed by atoms with Gasteiger partial charge in [0.2, 0.25) is 0 Å². The standard InChI is InChI=1S/C10H23N/c1-8(2)9(3)10(4,5)7-11-6/h8-9,11H,7H2,1-6H3/t9-/m1/s1. The number of hydrogen-bond donors (Lipinski definition) is 1. The maximum absolute atomic E-state index is 3.24. The van der Waals surface area contributed by atoms with E-state index in [0.717, 1.165) is 18.4 Å². The van der Waals surface area contributed by atoms with Crippen LogP contribution in [0.4, 0.5) is 0 Å². The van der Waals surface area contributed by atoms with Gasteiger partial charge in [-0.15, -0.1) is 0 Å². The monoisotopic (exact) mass is 157 g/mol. The van der Waals surface area contributed by atoms with E-state index in [9.17, 15) is 0 Å². The molecule has 0 saturated carbocycles. The molecule has 0 bridgehead atoms. The van der Waals surface area contributed by atoms with Crippen LogP contribution in [-0.2, 0) is 0 Å². The maximum atomic E-state index is 3.24. The Labute approximate surface area is 71.6 Å². The molecule has 0 amide bonds. The Balaban J connectivity index is 4.05. The van der Waals surface area contributed by atoms with Gasteiger partial charge in [0.15, 0.2) is 0 Å². The van der Waals surface area contributed by atoms with Crippen LogP contribution in [0.1, 0.15) is 34.6 Å². The van der Waals surface area contributed by atoms with Crippen molar-refractivity contribution in [3.05, 3.63) is 0 Å². The highest BCUT2D eigenvalue weighted by atomic mass is 14.8. The van der Waals surface area contributed by atoms with Crippen molar-refractivity contribution in [3.8, 4) is 0 Å². The molecule has 68 valence electrons. The zero-order valence-corrected chi connectivity index (χ0v) is 8.86. The van der Waals surface area contributed by atoms with E-state index in [0.29, 0.717) is 5.41 Å². The van der Waals surface area contributed by atoms with Crippen LogP contribution in [0.5, 0.6) is 0 Å². The Kier molecular flexibility index (Phi) is 4.09. The van der Waals surface area contributed by atoms with Crippen molar-refractivity contribution < 1.29 is 0 Å². The fourth-order valence-electron chi connectivity index (χ4n) is 1.52. The summed E-state index contributed by atoms with van der Waals surface area (Å²) in [6.07, 6.45) is 0. The first kappa shape index (κ1) is 11.0. The van der Waals surface area contributed by atoms with Crippen molar-refractivity contribution in [2.24, 2.45) is 17.3 Å². The van der Waals surface area contributed by atoms with E-state index in [2.05, 4.69) is 39.9 Å². The van der Waals surface area contributed by atoms with E-state index in [4.69, 9.17) is 0 Å². The third-order valence-electron chi connectivity index (χ3n) is 2.87. The van der Waals surface area contributed by atoms with Crippen molar-refractivity contribution in [3.63, 3.8) is 0 Å². The van der Waals surface area contributed by atoms with E-state index in [-0.39, 0.29) is 0 Å². The molecular formula is C10H23N. The largest absolute Gasteiger partial charge is 0.319 e. The Morgan fingerprint density at radius 2 is 1.64 bits per heavy atom. The molecule has 1 nitrogen and oxygen atoms in total. The Bertz CT molecular complexity index is 105. The lowest BCUT2D eigenvalue weighted by Crippen LogP contribution is -2.35. The molecule has 1 heteroatoms. The van der Waals surface area contributed by atoms with Crippen LogP contribution < -0.4 is 5.32 Å². The fraction of sp³-hybridized carbons (Fsp3) is 1.00. The van der Waals surface area contributed by atoms with Crippen LogP contribution in [0.25, 0.3) is 0 Å². The lowest BCUT2D eigenvalue weighted by Gasteiger charge is -2.34. The molecule has 0 rings (SSSR count). The Hall–Kier alpha value is -0.0400. The molecule has 0 aromatic carbocycles. The van der Waals surface area contributed by atoms with E-state index < -0.39 is 0 Å². The quantitative estimate of drug-likeness (QED) is 0.661. The second-order valence-electron chi connectivity index (χ2n) is 4.55. The van der Waals surface area contributed by atoms with Crippen LogP contribution in [0.3, 0.4) is 0 Å². The predicted octanol–water partition coefficient (Wildman–Crippen LogP) is 2.52. The van der Waals surface area contributed by atoms with E-state index in [1.807, 2.05) is 7.05 Å². The summed E-state index contributed by atoms with van der Waals surface area (Å²) in [5.74, 6) is 1.55. The third kappa shape index (κ3) is 3.24. The van der Waals surface area contributed by atoms with Crippen LogP contribution in [-0.4, -0.2) is 13.6 Å². The molecule has 0 aromatic rings. The van der Waals surface area contributed by atoms with Gasteiger partial charge in [0.05, 0.1) is 0 Å². The zero-order valence-electron chi connectivity index (χ0n) is 8.86. The van der Waals surface area contributed by atoms with Gasteiger partial charge in [0.25, 0.3) is 0 Å². The summed E-state index contributed by atoms with van der Waals surface area (Å²) in [6.45, 7) is 12.7. The molecule has 0 saturated heterocycles. The maximum Gasteiger partial charge on any atom is 0.000216 e. The average molecular weight is 157 g/mol. The van der Waals surface area contributed by atoms with Gasteiger partial charge >= 0.3 is 0 Å². The molecule has 0 spiro atoms. The minimum atomic E-state index is 0.420. The lowest BCUT2D eigenvalue weighted by atomic mass is 9.74. The first-order valence-electron chi connectivity index (χ1n) is 4.56. The smallest absolute Gasteiger partial charge is 0.000216 e. The van der Waals surface area contributed by atoms with Crippen LogP contribution >= 0.6 is 0 Å². The zero-order chi connectivity index (χ0) is 9.07. The molecule has 0 unspecified atom stereocenters. The van der Waals surface area contributed by atoms with Gasteiger partial charge in [-0.05, 0) is 24.3 Å². The average Bonchev–Trinajstić information content (AvgIpc) is 1.86.